The molecule has 0 N–H and O–H groups in total. The maximum atomic E-state index is 13.1. The van der Waals surface area contributed by atoms with Gasteiger partial charge in [0.25, 0.3) is 10.0 Å². The molecule has 0 aliphatic rings. The summed E-state index contributed by atoms with van der Waals surface area (Å²) in [5.74, 6) is 0.462. The maximum absolute atomic E-state index is 13.1. The predicted octanol–water partition coefficient (Wildman–Crippen LogP) is 4.64. The van der Waals surface area contributed by atoms with Crippen LogP contribution in [-0.4, -0.2) is 8.42 Å². The minimum absolute atomic E-state index is 0.229. The van der Waals surface area contributed by atoms with Gasteiger partial charge in [-0.1, -0.05) is 42.0 Å². The van der Waals surface area contributed by atoms with Crippen molar-refractivity contribution in [3.05, 3.63) is 78.7 Å². The molecule has 0 atom stereocenters. The first-order valence-electron chi connectivity index (χ1n) is 7.61. The number of hydrogen-bond acceptors (Lipinski definition) is 3. The second-order valence-corrected chi connectivity index (χ2v) is 6.97. The third kappa shape index (κ3) is 3.86. The molecule has 0 unspecified atom stereocenters. The Labute approximate surface area is 143 Å². The van der Waals surface area contributed by atoms with Gasteiger partial charge in [0.15, 0.2) is 5.75 Å². The number of benzene rings is 2. The number of anilines is 1. The van der Waals surface area contributed by atoms with Crippen LogP contribution >= 0.6 is 0 Å². The summed E-state index contributed by atoms with van der Waals surface area (Å²) in [6.07, 6.45) is 6.46. The van der Waals surface area contributed by atoms with Crippen molar-refractivity contribution in [3.8, 4) is 5.75 Å². The van der Waals surface area contributed by atoms with Gasteiger partial charge < -0.3 is 4.74 Å². The van der Waals surface area contributed by atoms with Gasteiger partial charge in [-0.3, -0.25) is 0 Å². The number of sulfonamides is 1. The van der Waals surface area contributed by atoms with Crippen molar-refractivity contribution in [1.82, 2.24) is 0 Å². The SMILES string of the molecule is C/C=C\Oc1ccccc1N(/C=C\C)S(=O)(=O)c1ccc(C)cc1. The molecular formula is C19H21NO3S. The summed E-state index contributed by atoms with van der Waals surface area (Å²) in [4.78, 5) is 0.229. The molecule has 0 bridgehead atoms. The highest BCUT2D eigenvalue weighted by Gasteiger charge is 2.25. The van der Waals surface area contributed by atoms with Crippen molar-refractivity contribution in [1.29, 1.82) is 0 Å². The van der Waals surface area contributed by atoms with E-state index in [9.17, 15) is 8.42 Å². The van der Waals surface area contributed by atoms with Crippen LogP contribution in [0.2, 0.25) is 0 Å². The van der Waals surface area contributed by atoms with E-state index in [0.717, 1.165) is 5.56 Å². The van der Waals surface area contributed by atoms with Crippen LogP contribution in [0, 0.1) is 6.92 Å². The van der Waals surface area contributed by atoms with Gasteiger partial charge in [0, 0.05) is 6.20 Å². The topological polar surface area (TPSA) is 46.6 Å². The molecule has 0 amide bonds. The van der Waals surface area contributed by atoms with Crippen LogP contribution < -0.4 is 9.04 Å². The van der Waals surface area contributed by atoms with Gasteiger partial charge in [-0.05, 0) is 45.0 Å². The highest BCUT2D eigenvalue weighted by Crippen LogP contribution is 2.33. The Kier molecular flexibility index (Phi) is 5.82. The maximum Gasteiger partial charge on any atom is 0.268 e. The van der Waals surface area contributed by atoms with Crippen LogP contribution in [0.4, 0.5) is 5.69 Å². The number of ether oxygens (including phenoxy) is 1. The molecular weight excluding hydrogens is 322 g/mol. The molecule has 126 valence electrons. The fourth-order valence-electron chi connectivity index (χ4n) is 2.13. The van der Waals surface area contributed by atoms with E-state index in [1.807, 2.05) is 13.8 Å². The molecule has 0 radical (unpaired) electrons. The summed E-state index contributed by atoms with van der Waals surface area (Å²) >= 11 is 0. The average Bonchev–Trinajstić information content (AvgIpc) is 2.58. The Morgan fingerprint density at radius 3 is 2.25 bits per heavy atom. The number of aryl methyl sites for hydroxylation is 1. The van der Waals surface area contributed by atoms with Crippen LogP contribution in [0.25, 0.3) is 0 Å². The van der Waals surface area contributed by atoms with Crippen LogP contribution in [0.1, 0.15) is 19.4 Å². The molecule has 0 saturated carbocycles. The molecule has 4 nitrogen and oxygen atoms in total. The number of para-hydroxylation sites is 2. The minimum Gasteiger partial charge on any atom is -0.463 e. The Bertz CT molecular complexity index is 837. The van der Waals surface area contributed by atoms with E-state index in [1.165, 1.54) is 16.8 Å². The lowest BCUT2D eigenvalue weighted by atomic mass is 10.2. The number of allylic oxidation sites excluding steroid dienone is 2. The molecule has 0 aliphatic heterocycles. The van der Waals surface area contributed by atoms with E-state index >= 15 is 0 Å². The van der Waals surface area contributed by atoms with Gasteiger partial charge in [0.2, 0.25) is 0 Å². The Hall–Kier alpha value is -2.53. The van der Waals surface area contributed by atoms with E-state index < -0.39 is 10.0 Å². The molecule has 24 heavy (non-hydrogen) atoms. The molecule has 0 fully saturated rings. The molecule has 0 aromatic heterocycles. The summed E-state index contributed by atoms with van der Waals surface area (Å²) in [6, 6.07) is 13.8. The second kappa shape index (κ2) is 7.84. The Morgan fingerprint density at radius 2 is 1.62 bits per heavy atom. The Morgan fingerprint density at radius 1 is 0.958 bits per heavy atom. The number of rotatable bonds is 6. The van der Waals surface area contributed by atoms with E-state index in [2.05, 4.69) is 0 Å². The normalized spacial score (nSPS) is 12.0. The van der Waals surface area contributed by atoms with Crippen molar-refractivity contribution in [2.24, 2.45) is 0 Å². The molecule has 2 rings (SSSR count). The van der Waals surface area contributed by atoms with Crippen LogP contribution in [-0.2, 0) is 10.0 Å². The van der Waals surface area contributed by atoms with Crippen molar-refractivity contribution in [3.63, 3.8) is 0 Å². The summed E-state index contributed by atoms with van der Waals surface area (Å²) in [6.45, 7) is 5.52. The summed E-state index contributed by atoms with van der Waals surface area (Å²) in [7, 11) is -3.74. The lowest BCUT2D eigenvalue weighted by Crippen LogP contribution is -2.26. The monoisotopic (exact) mass is 343 g/mol. The fraction of sp³-hybridized carbons (Fsp3) is 0.158. The quantitative estimate of drug-likeness (QED) is 0.718. The van der Waals surface area contributed by atoms with Gasteiger partial charge in [-0.25, -0.2) is 12.7 Å². The summed E-state index contributed by atoms with van der Waals surface area (Å²) in [5.41, 5.74) is 1.46. The summed E-state index contributed by atoms with van der Waals surface area (Å²) in [5, 5.41) is 0. The van der Waals surface area contributed by atoms with Gasteiger partial charge in [-0.15, -0.1) is 0 Å². The average molecular weight is 343 g/mol. The van der Waals surface area contributed by atoms with Crippen molar-refractivity contribution in [2.45, 2.75) is 25.7 Å². The highest BCUT2D eigenvalue weighted by molar-refractivity contribution is 7.93. The van der Waals surface area contributed by atoms with Crippen molar-refractivity contribution < 1.29 is 13.2 Å². The third-order valence-corrected chi connectivity index (χ3v) is 5.00. The van der Waals surface area contributed by atoms with Crippen LogP contribution in [0.3, 0.4) is 0 Å². The van der Waals surface area contributed by atoms with Crippen LogP contribution in [0.15, 0.2) is 78.0 Å². The second-order valence-electron chi connectivity index (χ2n) is 5.15. The molecule has 0 heterocycles. The van der Waals surface area contributed by atoms with E-state index in [4.69, 9.17) is 4.74 Å². The number of hydrogen-bond donors (Lipinski definition) is 0. The molecule has 0 saturated heterocycles. The van der Waals surface area contributed by atoms with Crippen LogP contribution in [0.5, 0.6) is 5.75 Å². The lowest BCUT2D eigenvalue weighted by molar-refractivity contribution is 0.481. The Balaban J connectivity index is 2.56. The molecule has 0 spiro atoms. The lowest BCUT2D eigenvalue weighted by Gasteiger charge is -2.22. The zero-order valence-corrected chi connectivity index (χ0v) is 14.8. The fourth-order valence-corrected chi connectivity index (χ4v) is 3.53. The molecule has 2 aromatic rings. The summed E-state index contributed by atoms with van der Waals surface area (Å²) < 4.78 is 32.9. The van der Waals surface area contributed by atoms with Gasteiger partial charge in [-0.2, -0.15) is 0 Å². The van der Waals surface area contributed by atoms with Crippen molar-refractivity contribution >= 4 is 15.7 Å². The first kappa shape index (κ1) is 17.8. The smallest absolute Gasteiger partial charge is 0.268 e. The van der Waals surface area contributed by atoms with E-state index in [1.54, 1.807) is 67.6 Å². The number of nitrogens with zero attached hydrogens (tertiary/aromatic N) is 1. The first-order chi connectivity index (χ1) is 11.5. The van der Waals surface area contributed by atoms with E-state index in [-0.39, 0.29) is 4.90 Å². The van der Waals surface area contributed by atoms with E-state index in [0.29, 0.717) is 11.4 Å². The molecule has 2 aromatic carbocycles. The largest absolute Gasteiger partial charge is 0.463 e. The molecule has 5 heteroatoms. The van der Waals surface area contributed by atoms with Gasteiger partial charge in [0.1, 0.15) is 0 Å². The van der Waals surface area contributed by atoms with Crippen molar-refractivity contribution in [2.75, 3.05) is 4.31 Å². The van der Waals surface area contributed by atoms with Gasteiger partial charge >= 0.3 is 0 Å². The predicted molar refractivity (Wildman–Crippen MR) is 97.5 cm³/mol. The van der Waals surface area contributed by atoms with Gasteiger partial charge in [0.05, 0.1) is 16.8 Å². The molecule has 0 aliphatic carbocycles. The first-order valence-corrected chi connectivity index (χ1v) is 9.05. The zero-order valence-electron chi connectivity index (χ0n) is 14.0. The standard InChI is InChI=1S/C19H21NO3S/c1-4-14-20(18-8-6-7-9-19(18)23-15-5-2)24(21,22)17-12-10-16(3)11-13-17/h4-15H,1-3H3/b14-4-,15-5-. The highest BCUT2D eigenvalue weighted by atomic mass is 32.2. The third-order valence-electron chi connectivity index (χ3n) is 3.30. The zero-order chi connectivity index (χ0) is 17.6. The minimum atomic E-state index is -3.74.